The molecule has 2 aromatic heterocycles. The van der Waals surface area contributed by atoms with Gasteiger partial charge >= 0.3 is 0 Å². The predicted molar refractivity (Wildman–Crippen MR) is 77.0 cm³/mol. The van der Waals surface area contributed by atoms with Crippen molar-refractivity contribution >= 4 is 11.6 Å². The van der Waals surface area contributed by atoms with Gasteiger partial charge in [-0.15, -0.1) is 0 Å². The van der Waals surface area contributed by atoms with Gasteiger partial charge in [0.05, 0.1) is 32.3 Å². The number of methoxy groups -OCH3 is 2. The lowest BCUT2D eigenvalue weighted by molar-refractivity contribution is 0.101. The van der Waals surface area contributed by atoms with Gasteiger partial charge < -0.3 is 19.4 Å². The van der Waals surface area contributed by atoms with Crippen molar-refractivity contribution in [3.05, 3.63) is 46.5 Å². The number of aryl methyl sites for hydroxylation is 1. The van der Waals surface area contributed by atoms with E-state index in [0.29, 0.717) is 11.6 Å². The summed E-state index contributed by atoms with van der Waals surface area (Å²) in [6.45, 7) is 0. The van der Waals surface area contributed by atoms with E-state index in [1.807, 2.05) is 0 Å². The topological polar surface area (TPSA) is 82.5 Å². The number of anilines is 1. The maximum Gasteiger partial charge on any atom is 0.272 e. The number of nitrogens with one attached hydrogen (secondary N) is 1. The summed E-state index contributed by atoms with van der Waals surface area (Å²) in [5.74, 6) is 0.217. The van der Waals surface area contributed by atoms with E-state index in [1.54, 1.807) is 19.2 Å². The molecule has 1 N–H and O–H groups in total. The lowest BCUT2D eigenvalue weighted by Gasteiger charge is -2.10. The number of rotatable bonds is 4. The fourth-order valence-electron chi connectivity index (χ4n) is 1.76. The van der Waals surface area contributed by atoms with Gasteiger partial charge in [0.25, 0.3) is 5.91 Å². The Hall–Kier alpha value is -2.83. The Balaban J connectivity index is 2.23. The van der Waals surface area contributed by atoms with Gasteiger partial charge in [0.1, 0.15) is 5.69 Å². The van der Waals surface area contributed by atoms with Crippen LogP contribution in [0.15, 0.2) is 35.4 Å². The molecule has 0 unspecified atom stereocenters. The van der Waals surface area contributed by atoms with Crippen molar-refractivity contribution in [2.45, 2.75) is 0 Å². The summed E-state index contributed by atoms with van der Waals surface area (Å²) >= 11 is 0. The molecular weight excluding hydrogens is 274 g/mol. The molecule has 0 bridgehead atoms. The molecule has 0 saturated heterocycles. The third-order valence-corrected chi connectivity index (χ3v) is 2.86. The van der Waals surface area contributed by atoms with E-state index in [0.717, 1.165) is 0 Å². The second-order valence-corrected chi connectivity index (χ2v) is 4.25. The Morgan fingerprint density at radius 2 is 2.05 bits per heavy atom. The van der Waals surface area contributed by atoms with E-state index in [2.05, 4.69) is 10.3 Å². The molecule has 2 rings (SSSR count). The molecule has 2 heterocycles. The van der Waals surface area contributed by atoms with Crippen LogP contribution in [0.4, 0.5) is 5.69 Å². The Bertz CT molecular complexity index is 707. The smallest absolute Gasteiger partial charge is 0.272 e. The van der Waals surface area contributed by atoms with Crippen LogP contribution >= 0.6 is 0 Å². The van der Waals surface area contributed by atoms with Crippen molar-refractivity contribution in [1.82, 2.24) is 9.55 Å². The van der Waals surface area contributed by atoms with Crippen LogP contribution in [0.5, 0.6) is 11.6 Å². The largest absolute Gasteiger partial charge is 0.491 e. The molecule has 1 amide bonds. The van der Waals surface area contributed by atoms with Gasteiger partial charge in [0.15, 0.2) is 5.75 Å². The van der Waals surface area contributed by atoms with Gasteiger partial charge in [-0.25, -0.2) is 4.98 Å². The van der Waals surface area contributed by atoms with Gasteiger partial charge in [-0.05, 0) is 6.07 Å². The summed E-state index contributed by atoms with van der Waals surface area (Å²) < 4.78 is 11.4. The highest BCUT2D eigenvalue weighted by atomic mass is 16.5. The van der Waals surface area contributed by atoms with Crippen LogP contribution in [0.2, 0.25) is 0 Å². The number of carbonyl (C=O) groups is 1. The third kappa shape index (κ3) is 3.19. The van der Waals surface area contributed by atoms with E-state index < -0.39 is 5.91 Å². The van der Waals surface area contributed by atoms with Crippen molar-refractivity contribution in [2.75, 3.05) is 19.5 Å². The number of ether oxygens (including phenoxy) is 2. The minimum absolute atomic E-state index is 0.181. The zero-order valence-corrected chi connectivity index (χ0v) is 11.9. The van der Waals surface area contributed by atoms with E-state index >= 15 is 0 Å². The van der Waals surface area contributed by atoms with E-state index in [9.17, 15) is 9.59 Å². The summed E-state index contributed by atoms with van der Waals surface area (Å²) in [4.78, 5) is 27.9. The number of aromatic nitrogens is 2. The van der Waals surface area contributed by atoms with Gasteiger partial charge in [-0.3, -0.25) is 9.59 Å². The van der Waals surface area contributed by atoms with Gasteiger partial charge in [0, 0.05) is 19.2 Å². The van der Waals surface area contributed by atoms with Crippen LogP contribution in [0, 0.1) is 0 Å². The number of pyridine rings is 2. The molecule has 0 spiro atoms. The average molecular weight is 289 g/mol. The maximum atomic E-state index is 12.2. The van der Waals surface area contributed by atoms with Crippen LogP contribution < -0.4 is 20.2 Å². The monoisotopic (exact) mass is 289 g/mol. The normalized spacial score (nSPS) is 10.0. The Labute approximate surface area is 121 Å². The molecule has 0 aliphatic heterocycles. The van der Waals surface area contributed by atoms with E-state index in [1.165, 1.54) is 37.2 Å². The quantitative estimate of drug-likeness (QED) is 0.909. The highest BCUT2D eigenvalue weighted by molar-refractivity contribution is 6.03. The molecule has 0 radical (unpaired) electrons. The molecule has 110 valence electrons. The highest BCUT2D eigenvalue weighted by Crippen LogP contribution is 2.12. The standard InChI is InChI=1S/C14H15N3O4/c1-17-8-12(20-2)11(18)6-10(17)14(19)16-9-4-5-13(21-3)15-7-9/h4-8H,1-3H3,(H,16,19). The zero-order valence-electron chi connectivity index (χ0n) is 11.9. The summed E-state index contributed by atoms with van der Waals surface area (Å²) in [7, 11) is 4.57. The third-order valence-electron chi connectivity index (χ3n) is 2.86. The van der Waals surface area contributed by atoms with Crippen LogP contribution in [0.1, 0.15) is 10.5 Å². The van der Waals surface area contributed by atoms with Crippen LogP contribution in [0.3, 0.4) is 0 Å². The molecule has 0 aliphatic rings. The minimum atomic E-state index is -0.413. The number of amides is 1. The second kappa shape index (κ2) is 6.08. The molecule has 7 heteroatoms. The van der Waals surface area contributed by atoms with E-state index in [4.69, 9.17) is 9.47 Å². The Morgan fingerprint density at radius 3 is 2.62 bits per heavy atom. The molecule has 0 aromatic carbocycles. The van der Waals surface area contributed by atoms with Crippen molar-refractivity contribution in [3.8, 4) is 11.6 Å². The van der Waals surface area contributed by atoms with Crippen molar-refractivity contribution in [1.29, 1.82) is 0 Å². The number of hydrogen-bond donors (Lipinski definition) is 1. The fourth-order valence-corrected chi connectivity index (χ4v) is 1.76. The number of carbonyl (C=O) groups excluding carboxylic acids is 1. The number of hydrogen-bond acceptors (Lipinski definition) is 5. The Kier molecular flexibility index (Phi) is 4.22. The Morgan fingerprint density at radius 1 is 1.29 bits per heavy atom. The van der Waals surface area contributed by atoms with E-state index in [-0.39, 0.29) is 16.9 Å². The molecule has 0 aliphatic carbocycles. The minimum Gasteiger partial charge on any atom is -0.491 e. The molecular formula is C14H15N3O4. The molecule has 2 aromatic rings. The van der Waals surface area contributed by atoms with Crippen molar-refractivity contribution < 1.29 is 14.3 Å². The fraction of sp³-hybridized carbons (Fsp3) is 0.214. The molecule has 0 atom stereocenters. The molecule has 21 heavy (non-hydrogen) atoms. The molecule has 0 saturated carbocycles. The zero-order chi connectivity index (χ0) is 15.4. The lowest BCUT2D eigenvalue weighted by Crippen LogP contribution is -2.21. The first-order chi connectivity index (χ1) is 10.0. The first kappa shape index (κ1) is 14.6. The number of nitrogens with zero attached hydrogens (tertiary/aromatic N) is 2. The first-order valence-corrected chi connectivity index (χ1v) is 6.11. The van der Waals surface area contributed by atoms with Crippen LogP contribution in [0.25, 0.3) is 0 Å². The van der Waals surface area contributed by atoms with Gasteiger partial charge in [0.2, 0.25) is 11.3 Å². The summed E-state index contributed by atoms with van der Waals surface area (Å²) in [5, 5.41) is 2.66. The van der Waals surface area contributed by atoms with Crippen LogP contribution in [-0.4, -0.2) is 29.7 Å². The summed E-state index contributed by atoms with van der Waals surface area (Å²) in [6.07, 6.45) is 2.93. The highest BCUT2D eigenvalue weighted by Gasteiger charge is 2.12. The average Bonchev–Trinajstić information content (AvgIpc) is 2.49. The molecule has 7 nitrogen and oxygen atoms in total. The second-order valence-electron chi connectivity index (χ2n) is 4.25. The van der Waals surface area contributed by atoms with Crippen molar-refractivity contribution in [3.63, 3.8) is 0 Å². The molecule has 0 fully saturated rings. The van der Waals surface area contributed by atoms with Crippen LogP contribution in [-0.2, 0) is 7.05 Å². The first-order valence-electron chi connectivity index (χ1n) is 6.11. The summed E-state index contributed by atoms with van der Waals surface area (Å²) in [6, 6.07) is 4.51. The maximum absolute atomic E-state index is 12.2. The summed E-state index contributed by atoms with van der Waals surface area (Å²) in [5.41, 5.74) is 0.370. The van der Waals surface area contributed by atoms with Gasteiger partial charge in [-0.1, -0.05) is 0 Å². The SMILES string of the molecule is COc1ccc(NC(=O)c2cc(=O)c(OC)cn2C)cn1. The lowest BCUT2D eigenvalue weighted by atomic mass is 10.3. The van der Waals surface area contributed by atoms with Crippen molar-refractivity contribution in [2.24, 2.45) is 7.05 Å². The predicted octanol–water partition coefficient (Wildman–Crippen LogP) is 1.05. The van der Waals surface area contributed by atoms with Gasteiger partial charge in [-0.2, -0.15) is 0 Å².